The van der Waals surface area contributed by atoms with Gasteiger partial charge in [-0.25, -0.2) is 0 Å². The molecule has 8 heterocycles. The van der Waals surface area contributed by atoms with Gasteiger partial charge in [0.05, 0.1) is 55.2 Å². The van der Waals surface area contributed by atoms with Gasteiger partial charge < -0.3 is 17.9 Å². The van der Waals surface area contributed by atoms with Gasteiger partial charge in [0.2, 0.25) is 0 Å². The Labute approximate surface area is 415 Å². The summed E-state index contributed by atoms with van der Waals surface area (Å²) in [6.45, 7) is 0. The molecule has 72 heavy (non-hydrogen) atoms. The average Bonchev–Trinajstić information content (AvgIpc) is 4.32. The zero-order valence-corrected chi connectivity index (χ0v) is 39.9. The summed E-state index contributed by atoms with van der Waals surface area (Å²) in [5.74, 6) is 0. The monoisotopic (exact) mass is 946 g/mol. The lowest BCUT2D eigenvalue weighted by Crippen LogP contribution is -1.94. The van der Waals surface area contributed by atoms with E-state index in [1.165, 1.54) is 172 Å². The van der Waals surface area contributed by atoms with Crippen molar-refractivity contribution in [3.8, 4) is 11.4 Å². The second-order valence-corrected chi connectivity index (χ2v) is 22.1. The molecular weight excluding hydrogens is 913 g/mol. The summed E-state index contributed by atoms with van der Waals surface area (Å²) in [5.41, 5.74) is 14.8. The first-order chi connectivity index (χ1) is 35.7. The Hall–Kier alpha value is -8.94. The summed E-state index contributed by atoms with van der Waals surface area (Å²) in [4.78, 5) is 0. The van der Waals surface area contributed by atoms with Gasteiger partial charge in [-0.3, -0.25) is 0 Å². The van der Waals surface area contributed by atoms with Gasteiger partial charge in [-0.15, -0.1) is 22.7 Å². The van der Waals surface area contributed by atoms with Crippen molar-refractivity contribution in [1.82, 2.24) is 17.9 Å². The Balaban J connectivity index is 0.964. The highest BCUT2D eigenvalue weighted by Crippen LogP contribution is 2.52. The highest BCUT2D eigenvalue weighted by Gasteiger charge is 2.28. The molecule has 0 unspecified atom stereocenters. The molecule has 0 fully saturated rings. The van der Waals surface area contributed by atoms with Crippen molar-refractivity contribution in [1.29, 1.82) is 0 Å². The molecule has 0 atom stereocenters. The summed E-state index contributed by atoms with van der Waals surface area (Å²) in [6.07, 6.45) is 0. The normalized spacial score (nSPS) is 13.0. The van der Waals surface area contributed by atoms with Crippen LogP contribution in [0, 0.1) is 0 Å². The molecule has 4 nitrogen and oxygen atoms in total. The van der Waals surface area contributed by atoms with Crippen molar-refractivity contribution in [2.75, 3.05) is 0 Å². The Morgan fingerprint density at radius 2 is 0.583 bits per heavy atom. The van der Waals surface area contributed by atoms with Crippen LogP contribution in [0.1, 0.15) is 0 Å². The summed E-state index contributed by atoms with van der Waals surface area (Å²) < 4.78 is 15.4. The SMILES string of the molecule is c1ccc2c(c1)sc1cc3c4cc5c(cc4n4c6ccc(-n7c8ccccc8c8ccccc87)cc6c(c12)c34)c1cc2sc3ccccc3c2c2c3cc(-n4c6ccccc6c6ccccc64)ccc3n5c12. The van der Waals surface area contributed by atoms with E-state index in [9.17, 15) is 0 Å². The van der Waals surface area contributed by atoms with Crippen LogP contribution in [-0.4, -0.2) is 17.9 Å². The number of rotatable bonds is 2. The van der Waals surface area contributed by atoms with Gasteiger partial charge >= 0.3 is 0 Å². The van der Waals surface area contributed by atoms with E-state index >= 15 is 0 Å². The molecule has 0 aliphatic carbocycles. The Bertz CT molecular complexity index is 5200. The van der Waals surface area contributed by atoms with Crippen LogP contribution in [0.25, 0.3) is 172 Å². The first-order valence-electron chi connectivity index (χ1n) is 24.7. The highest BCUT2D eigenvalue weighted by molar-refractivity contribution is 7.26. The van der Waals surface area contributed by atoms with Crippen molar-refractivity contribution < 1.29 is 0 Å². The van der Waals surface area contributed by atoms with E-state index in [1.807, 2.05) is 22.7 Å². The minimum Gasteiger partial charge on any atom is -0.309 e. The van der Waals surface area contributed by atoms with Crippen LogP contribution in [0.5, 0.6) is 0 Å². The molecule has 0 saturated heterocycles. The van der Waals surface area contributed by atoms with Gasteiger partial charge in [0.25, 0.3) is 0 Å². The number of nitrogens with zero attached hydrogens (tertiary/aromatic N) is 4. The highest BCUT2D eigenvalue weighted by atomic mass is 32.1. The Kier molecular flexibility index (Phi) is 6.51. The standard InChI is InChI=1S/C66H34N4S2/c1-7-19-49-37(13-1)38-14-2-8-20-50(38)67(49)35-25-27-53-47(29-35)63-61-41-17-5-11-23-57(41)71-59(61)33-45-43-32-56-44(31-55(43)69(53)65(45)63)46-34-60-62(42-18-6-12-24-58(42)72-60)64-48-30-36(26-28-54(48)70(56)66(46)64)68-51-21-9-3-15-39(51)40-16-4-10-22-52(40)68/h1-34H. The van der Waals surface area contributed by atoms with Crippen LogP contribution in [-0.2, 0) is 0 Å². The number of hydrogen-bond donors (Lipinski definition) is 0. The zero-order chi connectivity index (χ0) is 46.2. The predicted octanol–water partition coefficient (Wildman–Crippen LogP) is 18.9. The molecule has 0 spiro atoms. The molecule has 0 aliphatic heterocycles. The fourth-order valence-electron chi connectivity index (χ4n) is 13.8. The van der Waals surface area contributed by atoms with Crippen molar-refractivity contribution in [2.45, 2.75) is 0 Å². The number of para-hydroxylation sites is 4. The fourth-order valence-corrected chi connectivity index (χ4v) is 16.1. The smallest absolute Gasteiger partial charge is 0.0627 e. The molecular formula is C66H34N4S2. The lowest BCUT2D eigenvalue weighted by molar-refractivity contribution is 1.18. The maximum absolute atomic E-state index is 2.61. The maximum Gasteiger partial charge on any atom is 0.0627 e. The summed E-state index contributed by atoms with van der Waals surface area (Å²) in [6, 6.07) is 78.0. The van der Waals surface area contributed by atoms with Crippen molar-refractivity contribution in [2.24, 2.45) is 0 Å². The molecule has 0 radical (unpaired) electrons. The quantitative estimate of drug-likeness (QED) is 0.164. The third kappa shape index (κ3) is 4.27. The second-order valence-electron chi connectivity index (χ2n) is 19.9. The Morgan fingerprint density at radius 3 is 0.986 bits per heavy atom. The van der Waals surface area contributed by atoms with Gasteiger partial charge in [-0.2, -0.15) is 0 Å². The lowest BCUT2D eigenvalue weighted by atomic mass is 10.00. The first kappa shape index (κ1) is 37.0. The number of hydrogen-bond acceptors (Lipinski definition) is 2. The van der Waals surface area contributed by atoms with Crippen molar-refractivity contribution in [3.05, 3.63) is 206 Å². The lowest BCUT2D eigenvalue weighted by Gasteiger charge is -2.09. The van der Waals surface area contributed by atoms with E-state index in [0.717, 1.165) is 0 Å². The molecule has 19 rings (SSSR count). The fraction of sp³-hybridized carbons (Fsp3) is 0. The van der Waals surface area contributed by atoms with Gasteiger partial charge in [-0.1, -0.05) is 109 Å². The van der Waals surface area contributed by atoms with Gasteiger partial charge in [0, 0.05) is 116 Å². The molecule has 8 aromatic heterocycles. The summed E-state index contributed by atoms with van der Waals surface area (Å²) >= 11 is 3.84. The largest absolute Gasteiger partial charge is 0.309 e. The molecule has 11 aromatic carbocycles. The number of benzene rings is 11. The van der Waals surface area contributed by atoms with Crippen molar-refractivity contribution in [3.63, 3.8) is 0 Å². The Morgan fingerprint density at radius 1 is 0.222 bits per heavy atom. The molecule has 19 aromatic rings. The zero-order valence-electron chi connectivity index (χ0n) is 38.2. The van der Waals surface area contributed by atoms with Crippen LogP contribution in [0.3, 0.4) is 0 Å². The second kappa shape index (κ2) is 12.7. The van der Waals surface area contributed by atoms with Crippen molar-refractivity contribution >= 4 is 183 Å². The van der Waals surface area contributed by atoms with E-state index in [-0.39, 0.29) is 0 Å². The predicted molar refractivity (Wildman–Crippen MR) is 310 cm³/mol. The molecule has 0 bridgehead atoms. The van der Waals surface area contributed by atoms with Crippen LogP contribution in [0.4, 0.5) is 0 Å². The third-order valence-corrected chi connectivity index (χ3v) is 18.8. The van der Waals surface area contributed by atoms with Crippen LogP contribution >= 0.6 is 22.7 Å². The number of aromatic nitrogens is 4. The van der Waals surface area contributed by atoms with E-state index in [4.69, 9.17) is 0 Å². The molecule has 6 heteroatoms. The number of fused-ring (bicyclic) bond motifs is 26. The number of thiophene rings is 2. The van der Waals surface area contributed by atoms with Gasteiger partial charge in [-0.05, 0) is 97.1 Å². The minimum absolute atomic E-state index is 1.18. The van der Waals surface area contributed by atoms with Crippen LogP contribution in [0.15, 0.2) is 206 Å². The molecule has 0 N–H and O–H groups in total. The first-order valence-corrected chi connectivity index (χ1v) is 26.4. The van der Waals surface area contributed by atoms with Gasteiger partial charge in [0.1, 0.15) is 0 Å². The topological polar surface area (TPSA) is 18.7 Å². The van der Waals surface area contributed by atoms with Crippen LogP contribution < -0.4 is 0 Å². The summed E-state index contributed by atoms with van der Waals surface area (Å²) in [7, 11) is 0. The van der Waals surface area contributed by atoms with E-state index < -0.39 is 0 Å². The maximum atomic E-state index is 2.61. The third-order valence-electron chi connectivity index (χ3n) is 16.6. The summed E-state index contributed by atoms with van der Waals surface area (Å²) in [5, 5.41) is 20.9. The average molecular weight is 947 g/mol. The van der Waals surface area contributed by atoms with E-state index in [2.05, 4.69) is 224 Å². The minimum atomic E-state index is 1.18. The van der Waals surface area contributed by atoms with Gasteiger partial charge in [0.15, 0.2) is 0 Å². The van der Waals surface area contributed by atoms with E-state index in [0.29, 0.717) is 0 Å². The molecule has 330 valence electrons. The molecule has 0 saturated carbocycles. The molecule has 0 aliphatic rings. The van der Waals surface area contributed by atoms with Crippen LogP contribution in [0.2, 0.25) is 0 Å². The molecule has 0 amide bonds. The van der Waals surface area contributed by atoms with E-state index in [1.54, 1.807) is 0 Å².